The number of halogens is 2. The van der Waals surface area contributed by atoms with Gasteiger partial charge in [0, 0.05) is 36.1 Å². The van der Waals surface area contributed by atoms with Gasteiger partial charge in [0.25, 0.3) is 0 Å². The molecule has 1 heterocycles. The molecule has 2 amide bonds. The summed E-state index contributed by atoms with van der Waals surface area (Å²) in [7, 11) is 0. The molecule has 0 radical (unpaired) electrons. The highest BCUT2D eigenvalue weighted by molar-refractivity contribution is 6.31. The number of nitrogens with one attached hydrogen (secondary N) is 1. The molecule has 26 heavy (non-hydrogen) atoms. The Bertz CT molecular complexity index is 793. The lowest BCUT2D eigenvalue weighted by molar-refractivity contribution is -0.129. The van der Waals surface area contributed by atoms with Gasteiger partial charge < -0.3 is 10.2 Å². The van der Waals surface area contributed by atoms with Gasteiger partial charge in [-0.15, -0.1) is 0 Å². The summed E-state index contributed by atoms with van der Waals surface area (Å²) in [6.07, 6.45) is 0.976. The fraction of sp³-hybridized carbons (Fsp3) is 0.300. The molecule has 1 aliphatic rings. The predicted octanol–water partition coefficient (Wildman–Crippen LogP) is 3.70. The van der Waals surface area contributed by atoms with Gasteiger partial charge in [-0.1, -0.05) is 53.5 Å². The van der Waals surface area contributed by atoms with Crippen LogP contribution >= 0.6 is 23.2 Å². The van der Waals surface area contributed by atoms with Crippen LogP contribution in [0.25, 0.3) is 0 Å². The largest absolute Gasteiger partial charge is 0.355 e. The molecule has 4 nitrogen and oxygen atoms in total. The average Bonchev–Trinajstić information content (AvgIpc) is 2.99. The molecule has 1 fully saturated rings. The van der Waals surface area contributed by atoms with Crippen molar-refractivity contribution in [3.05, 3.63) is 69.7 Å². The number of hydrogen-bond acceptors (Lipinski definition) is 2. The van der Waals surface area contributed by atoms with Crippen molar-refractivity contribution in [1.29, 1.82) is 0 Å². The molecule has 0 bridgehead atoms. The lowest BCUT2D eigenvalue weighted by Crippen LogP contribution is -2.34. The average molecular weight is 391 g/mol. The number of amides is 2. The minimum absolute atomic E-state index is 0.0113. The van der Waals surface area contributed by atoms with Crippen molar-refractivity contribution >= 4 is 35.0 Å². The van der Waals surface area contributed by atoms with Crippen LogP contribution in [-0.4, -0.2) is 29.8 Å². The van der Waals surface area contributed by atoms with Crippen molar-refractivity contribution in [2.45, 2.75) is 19.4 Å². The minimum Gasteiger partial charge on any atom is -0.355 e. The molecule has 1 unspecified atom stereocenters. The smallest absolute Gasteiger partial charge is 0.225 e. The summed E-state index contributed by atoms with van der Waals surface area (Å²) >= 11 is 12.0. The monoisotopic (exact) mass is 390 g/mol. The molecule has 2 aromatic rings. The van der Waals surface area contributed by atoms with E-state index in [1.54, 1.807) is 11.0 Å². The molecule has 1 aliphatic heterocycles. The minimum atomic E-state index is -0.310. The van der Waals surface area contributed by atoms with Crippen LogP contribution in [0, 0.1) is 5.92 Å². The summed E-state index contributed by atoms with van der Waals surface area (Å²) in [4.78, 5) is 26.3. The number of hydrogen-bond donors (Lipinski definition) is 1. The maximum atomic E-state index is 12.4. The lowest BCUT2D eigenvalue weighted by Gasteiger charge is -2.17. The van der Waals surface area contributed by atoms with E-state index in [2.05, 4.69) is 5.32 Å². The van der Waals surface area contributed by atoms with Gasteiger partial charge in [0.1, 0.15) is 0 Å². The van der Waals surface area contributed by atoms with Crippen molar-refractivity contribution in [2.24, 2.45) is 5.92 Å². The van der Waals surface area contributed by atoms with Crippen molar-refractivity contribution in [2.75, 3.05) is 13.1 Å². The molecule has 0 aromatic heterocycles. The van der Waals surface area contributed by atoms with E-state index in [0.717, 1.165) is 17.5 Å². The van der Waals surface area contributed by atoms with E-state index < -0.39 is 0 Å². The van der Waals surface area contributed by atoms with Crippen LogP contribution < -0.4 is 5.32 Å². The molecule has 1 saturated heterocycles. The molecule has 136 valence electrons. The van der Waals surface area contributed by atoms with Gasteiger partial charge in [0.2, 0.25) is 11.8 Å². The normalized spacial score (nSPS) is 16.8. The third-order valence-electron chi connectivity index (χ3n) is 4.53. The number of nitrogens with zero attached hydrogens (tertiary/aromatic N) is 1. The van der Waals surface area contributed by atoms with Crippen LogP contribution in [-0.2, 0) is 22.6 Å². The fourth-order valence-corrected chi connectivity index (χ4v) is 3.38. The second-order valence-electron chi connectivity index (χ2n) is 6.43. The third kappa shape index (κ3) is 4.77. The Morgan fingerprint density at radius 2 is 1.85 bits per heavy atom. The van der Waals surface area contributed by atoms with Crippen LogP contribution in [0.3, 0.4) is 0 Å². The zero-order valence-electron chi connectivity index (χ0n) is 14.3. The van der Waals surface area contributed by atoms with Gasteiger partial charge in [-0.05, 0) is 35.7 Å². The quantitative estimate of drug-likeness (QED) is 0.817. The van der Waals surface area contributed by atoms with Crippen LogP contribution in [0.1, 0.15) is 17.5 Å². The highest BCUT2D eigenvalue weighted by Gasteiger charge is 2.34. The summed E-state index contributed by atoms with van der Waals surface area (Å²) in [5, 5.41) is 4.26. The second kappa shape index (κ2) is 8.56. The highest BCUT2D eigenvalue weighted by atomic mass is 35.5. The summed E-state index contributed by atoms with van der Waals surface area (Å²) in [6.45, 7) is 1.40. The zero-order valence-corrected chi connectivity index (χ0v) is 15.8. The van der Waals surface area contributed by atoms with Crippen LogP contribution in [0.5, 0.6) is 0 Å². The van der Waals surface area contributed by atoms with Crippen LogP contribution in [0.15, 0.2) is 48.5 Å². The summed E-state index contributed by atoms with van der Waals surface area (Å²) in [5.41, 5.74) is 2.00. The molecule has 0 spiro atoms. The van der Waals surface area contributed by atoms with Gasteiger partial charge in [-0.25, -0.2) is 0 Å². The number of benzene rings is 2. The summed E-state index contributed by atoms with van der Waals surface area (Å²) in [6, 6.07) is 15.0. The van der Waals surface area contributed by atoms with E-state index in [4.69, 9.17) is 23.2 Å². The Kier molecular flexibility index (Phi) is 6.17. The first-order valence-electron chi connectivity index (χ1n) is 8.56. The maximum Gasteiger partial charge on any atom is 0.225 e. The Hall–Kier alpha value is -2.04. The molecule has 0 aliphatic carbocycles. The molecule has 1 atom stereocenters. The van der Waals surface area contributed by atoms with Gasteiger partial charge in [0.05, 0.1) is 5.92 Å². The fourth-order valence-electron chi connectivity index (χ4n) is 3.06. The van der Waals surface area contributed by atoms with Crippen molar-refractivity contribution in [3.8, 4) is 0 Å². The van der Waals surface area contributed by atoms with E-state index in [-0.39, 0.29) is 24.2 Å². The van der Waals surface area contributed by atoms with Crippen molar-refractivity contribution in [1.82, 2.24) is 10.2 Å². The van der Waals surface area contributed by atoms with Gasteiger partial charge in [-0.3, -0.25) is 9.59 Å². The Balaban J connectivity index is 1.49. The van der Waals surface area contributed by atoms with Gasteiger partial charge in [-0.2, -0.15) is 0 Å². The molecule has 0 saturated carbocycles. The lowest BCUT2D eigenvalue weighted by atomic mass is 10.1. The molecular weight excluding hydrogens is 371 g/mol. The van der Waals surface area contributed by atoms with E-state index in [1.807, 2.05) is 42.5 Å². The zero-order chi connectivity index (χ0) is 18.5. The maximum absolute atomic E-state index is 12.4. The molecule has 1 N–H and O–H groups in total. The first kappa shape index (κ1) is 18.7. The predicted molar refractivity (Wildman–Crippen MR) is 103 cm³/mol. The topological polar surface area (TPSA) is 49.4 Å². The molecule has 2 aromatic carbocycles. The molecule has 3 rings (SSSR count). The van der Waals surface area contributed by atoms with Crippen molar-refractivity contribution in [3.63, 3.8) is 0 Å². The Morgan fingerprint density at radius 3 is 2.58 bits per heavy atom. The number of carbonyl (C=O) groups excluding carboxylic acids is 2. The highest BCUT2D eigenvalue weighted by Crippen LogP contribution is 2.23. The first-order valence-corrected chi connectivity index (χ1v) is 9.32. The van der Waals surface area contributed by atoms with E-state index in [1.165, 1.54) is 0 Å². The van der Waals surface area contributed by atoms with Crippen molar-refractivity contribution < 1.29 is 9.59 Å². The van der Waals surface area contributed by atoms with Crippen LogP contribution in [0.2, 0.25) is 10.0 Å². The van der Waals surface area contributed by atoms with E-state index in [0.29, 0.717) is 29.7 Å². The van der Waals surface area contributed by atoms with E-state index in [9.17, 15) is 9.59 Å². The van der Waals surface area contributed by atoms with Gasteiger partial charge in [0.15, 0.2) is 0 Å². The number of likely N-dealkylation sites (tertiary alicyclic amines) is 1. The van der Waals surface area contributed by atoms with Crippen LogP contribution in [0.4, 0.5) is 0 Å². The standard InChI is InChI=1S/C20H20Cl2N2O2/c21-17-7-5-14(6-8-17)9-10-23-20(26)16-11-19(25)24(13-16)12-15-3-1-2-4-18(15)22/h1-8,16H,9-13H2,(H,23,26). The second-order valence-corrected chi connectivity index (χ2v) is 7.28. The molecular formula is C20H20Cl2N2O2. The summed E-state index contributed by atoms with van der Waals surface area (Å²) < 4.78 is 0. The first-order chi connectivity index (χ1) is 12.5. The molecule has 6 heteroatoms. The number of rotatable bonds is 6. The Labute approximate surface area is 163 Å². The summed E-state index contributed by atoms with van der Waals surface area (Å²) in [5.74, 6) is -0.396. The number of carbonyl (C=O) groups is 2. The third-order valence-corrected chi connectivity index (χ3v) is 5.15. The SMILES string of the molecule is O=C(NCCc1ccc(Cl)cc1)C1CC(=O)N(Cc2ccccc2Cl)C1. The van der Waals surface area contributed by atoms with Gasteiger partial charge >= 0.3 is 0 Å². The Morgan fingerprint density at radius 1 is 1.12 bits per heavy atom. The van der Waals surface area contributed by atoms with E-state index >= 15 is 0 Å².